The fourth-order valence-corrected chi connectivity index (χ4v) is 1.97. The van der Waals surface area contributed by atoms with Crippen LogP contribution in [0.15, 0.2) is 42.5 Å². The zero-order chi connectivity index (χ0) is 19.8. The van der Waals surface area contributed by atoms with Gasteiger partial charge in [-0.1, -0.05) is 12.1 Å². The number of rotatable bonds is 8. The monoisotopic (exact) mass is 378 g/mol. The van der Waals surface area contributed by atoms with Crippen LogP contribution in [-0.4, -0.2) is 37.1 Å². The third kappa shape index (κ3) is 5.66. The molecule has 0 heterocycles. The molecule has 0 radical (unpaired) electrons. The van der Waals surface area contributed by atoms with E-state index >= 15 is 0 Å². The number of carbonyl (C=O) groups is 2. The summed E-state index contributed by atoms with van der Waals surface area (Å²) in [7, 11) is 1.29. The average molecular weight is 378 g/mol. The fourth-order valence-electron chi connectivity index (χ4n) is 1.97. The van der Waals surface area contributed by atoms with Crippen LogP contribution in [0.25, 0.3) is 0 Å². The Kier molecular flexibility index (Phi) is 6.64. The molecule has 2 aromatic carbocycles. The van der Waals surface area contributed by atoms with E-state index in [1.807, 2.05) is 0 Å². The summed E-state index contributed by atoms with van der Waals surface area (Å²) in [6, 6.07) is 9.14. The maximum Gasteiger partial charge on any atom is 0.344 e. The van der Waals surface area contributed by atoms with Crippen LogP contribution in [0.1, 0.15) is 0 Å². The normalized spacial score (nSPS) is 10.0. The smallest absolute Gasteiger partial charge is 0.344 e. The number of non-ortho nitro benzene ring substituents is 1. The number of methoxy groups -OCH3 is 1. The first-order valence-electron chi connectivity index (χ1n) is 7.56. The number of nitrogens with zero attached hydrogens (tertiary/aromatic N) is 1. The number of carbonyl (C=O) groups excluding carboxylic acids is 2. The van der Waals surface area contributed by atoms with Gasteiger partial charge in [0.15, 0.2) is 24.8 Å². The molecule has 10 heteroatoms. The summed E-state index contributed by atoms with van der Waals surface area (Å²) in [6.45, 7) is -1.20. The number of nitro groups is 1. The van der Waals surface area contributed by atoms with Gasteiger partial charge in [-0.2, -0.15) is 0 Å². The van der Waals surface area contributed by atoms with Crippen molar-refractivity contribution in [2.75, 3.05) is 25.6 Å². The topological polar surface area (TPSA) is 117 Å². The lowest BCUT2D eigenvalue weighted by Crippen LogP contribution is -2.24. The summed E-state index contributed by atoms with van der Waals surface area (Å²) in [4.78, 5) is 33.6. The third-order valence-electron chi connectivity index (χ3n) is 3.22. The minimum absolute atomic E-state index is 0.0757. The Balaban J connectivity index is 1.84. The minimum Gasteiger partial charge on any atom is -0.494 e. The highest BCUT2D eigenvalue weighted by molar-refractivity contribution is 5.94. The largest absolute Gasteiger partial charge is 0.494 e. The Labute approximate surface area is 152 Å². The number of esters is 1. The second-order valence-electron chi connectivity index (χ2n) is 5.07. The highest BCUT2D eigenvalue weighted by atomic mass is 19.1. The van der Waals surface area contributed by atoms with Crippen molar-refractivity contribution >= 4 is 23.3 Å². The number of anilines is 1. The summed E-state index contributed by atoms with van der Waals surface area (Å²) in [5, 5.41) is 13.1. The summed E-state index contributed by atoms with van der Waals surface area (Å²) in [5.74, 6) is -2.24. The van der Waals surface area contributed by atoms with E-state index in [9.17, 15) is 24.1 Å². The fraction of sp³-hybridized carbons (Fsp3) is 0.176. The Morgan fingerprint density at radius 3 is 2.56 bits per heavy atom. The van der Waals surface area contributed by atoms with Crippen LogP contribution in [0.2, 0.25) is 0 Å². The van der Waals surface area contributed by atoms with Gasteiger partial charge in [0.1, 0.15) is 5.75 Å². The van der Waals surface area contributed by atoms with E-state index < -0.39 is 35.8 Å². The van der Waals surface area contributed by atoms with E-state index in [0.717, 1.165) is 6.07 Å². The third-order valence-corrected chi connectivity index (χ3v) is 3.22. The molecule has 9 nitrogen and oxygen atoms in total. The van der Waals surface area contributed by atoms with Crippen molar-refractivity contribution in [3.63, 3.8) is 0 Å². The first-order chi connectivity index (χ1) is 12.9. The molecule has 0 bridgehead atoms. The van der Waals surface area contributed by atoms with E-state index in [-0.39, 0.29) is 22.9 Å². The number of hydrogen-bond acceptors (Lipinski definition) is 7. The van der Waals surface area contributed by atoms with Crippen molar-refractivity contribution in [2.24, 2.45) is 0 Å². The van der Waals surface area contributed by atoms with Crippen molar-refractivity contribution in [3.05, 3.63) is 58.4 Å². The van der Waals surface area contributed by atoms with Crippen LogP contribution in [-0.2, 0) is 14.3 Å². The molecular weight excluding hydrogens is 363 g/mol. The molecule has 1 amide bonds. The molecule has 0 spiro atoms. The van der Waals surface area contributed by atoms with Gasteiger partial charge < -0.3 is 19.5 Å². The molecule has 0 unspecified atom stereocenters. The number of para-hydroxylation sites is 1. The van der Waals surface area contributed by atoms with Crippen molar-refractivity contribution in [1.82, 2.24) is 0 Å². The van der Waals surface area contributed by atoms with Gasteiger partial charge in [0.2, 0.25) is 0 Å². The number of amides is 1. The minimum atomic E-state index is -0.871. The van der Waals surface area contributed by atoms with E-state index in [1.165, 1.54) is 43.5 Å². The standard InChI is InChI=1S/C17H15FN2O7/c1-25-15-8-11(20(23)24)6-7-13(15)19-16(21)9-27-17(22)10-26-14-5-3-2-4-12(14)18/h2-8H,9-10H2,1H3,(H,19,21). The molecule has 0 saturated heterocycles. The molecule has 1 N–H and O–H groups in total. The van der Waals surface area contributed by atoms with Crippen LogP contribution in [0.3, 0.4) is 0 Å². The summed E-state index contributed by atoms with van der Waals surface area (Å²) < 4.78 is 28.0. The number of halogens is 1. The quantitative estimate of drug-likeness (QED) is 0.425. The molecule has 0 aliphatic carbocycles. The molecule has 0 fully saturated rings. The molecular formula is C17H15FN2O7. The maximum absolute atomic E-state index is 13.4. The number of hydrogen-bond donors (Lipinski definition) is 1. The van der Waals surface area contributed by atoms with Crippen molar-refractivity contribution < 1.29 is 33.1 Å². The van der Waals surface area contributed by atoms with E-state index in [0.29, 0.717) is 0 Å². The molecule has 142 valence electrons. The molecule has 0 aromatic heterocycles. The predicted octanol–water partition coefficient (Wildman–Crippen LogP) is 2.30. The van der Waals surface area contributed by atoms with Gasteiger partial charge >= 0.3 is 5.97 Å². The Bertz CT molecular complexity index is 857. The summed E-state index contributed by atoms with van der Waals surface area (Å²) in [5.41, 5.74) is -0.0340. The van der Waals surface area contributed by atoms with Crippen molar-refractivity contribution in [2.45, 2.75) is 0 Å². The second kappa shape index (κ2) is 9.13. The van der Waals surface area contributed by atoms with Gasteiger partial charge in [0, 0.05) is 6.07 Å². The lowest BCUT2D eigenvalue weighted by Gasteiger charge is -2.10. The first kappa shape index (κ1) is 19.6. The Morgan fingerprint density at radius 2 is 1.89 bits per heavy atom. The lowest BCUT2D eigenvalue weighted by atomic mass is 10.2. The number of benzene rings is 2. The summed E-state index contributed by atoms with van der Waals surface area (Å²) in [6.07, 6.45) is 0. The highest BCUT2D eigenvalue weighted by Crippen LogP contribution is 2.28. The SMILES string of the molecule is COc1cc([N+](=O)[O-])ccc1NC(=O)COC(=O)COc1ccccc1F. The van der Waals surface area contributed by atoms with Crippen LogP contribution in [0, 0.1) is 15.9 Å². The molecule has 0 aliphatic rings. The van der Waals surface area contributed by atoms with Gasteiger partial charge in [-0.25, -0.2) is 9.18 Å². The zero-order valence-corrected chi connectivity index (χ0v) is 14.1. The van der Waals surface area contributed by atoms with Gasteiger partial charge in [0.05, 0.1) is 23.8 Å². The van der Waals surface area contributed by atoms with Crippen LogP contribution in [0.4, 0.5) is 15.8 Å². The predicted molar refractivity (Wildman–Crippen MR) is 91.1 cm³/mol. The zero-order valence-electron chi connectivity index (χ0n) is 14.1. The van der Waals surface area contributed by atoms with Gasteiger partial charge in [-0.15, -0.1) is 0 Å². The molecule has 0 atom stereocenters. The van der Waals surface area contributed by atoms with Crippen molar-refractivity contribution in [3.8, 4) is 11.5 Å². The highest BCUT2D eigenvalue weighted by Gasteiger charge is 2.15. The van der Waals surface area contributed by atoms with Crippen LogP contribution in [0.5, 0.6) is 11.5 Å². The molecule has 2 aromatic rings. The Hall–Kier alpha value is -3.69. The van der Waals surface area contributed by atoms with E-state index in [1.54, 1.807) is 0 Å². The van der Waals surface area contributed by atoms with Crippen LogP contribution >= 0.6 is 0 Å². The van der Waals surface area contributed by atoms with Gasteiger partial charge in [0.25, 0.3) is 11.6 Å². The molecule has 2 rings (SSSR count). The van der Waals surface area contributed by atoms with Gasteiger partial charge in [-0.3, -0.25) is 14.9 Å². The van der Waals surface area contributed by atoms with Crippen molar-refractivity contribution in [1.29, 1.82) is 0 Å². The van der Waals surface area contributed by atoms with E-state index in [4.69, 9.17) is 14.2 Å². The maximum atomic E-state index is 13.4. The second-order valence-corrected chi connectivity index (χ2v) is 5.07. The number of nitrogens with one attached hydrogen (secondary N) is 1. The summed E-state index contributed by atoms with van der Waals surface area (Å²) >= 11 is 0. The molecule has 0 aliphatic heterocycles. The number of ether oxygens (including phenoxy) is 3. The average Bonchev–Trinajstić information content (AvgIpc) is 2.65. The molecule has 0 saturated carbocycles. The van der Waals surface area contributed by atoms with Crippen LogP contribution < -0.4 is 14.8 Å². The first-order valence-corrected chi connectivity index (χ1v) is 7.56. The Morgan fingerprint density at radius 1 is 1.15 bits per heavy atom. The number of nitro benzene ring substituents is 1. The van der Waals surface area contributed by atoms with E-state index in [2.05, 4.69) is 5.32 Å². The lowest BCUT2D eigenvalue weighted by molar-refractivity contribution is -0.384. The molecule has 27 heavy (non-hydrogen) atoms. The van der Waals surface area contributed by atoms with Gasteiger partial charge in [-0.05, 0) is 18.2 Å².